The van der Waals surface area contributed by atoms with Crippen LogP contribution in [0.15, 0.2) is 0 Å². The van der Waals surface area contributed by atoms with E-state index in [1.807, 2.05) is 0 Å². The standard InChI is InChI=1S/BrH.ClH.2Zn/h2*1H;;/q;;2*+2/p-2. The van der Waals surface area contributed by atoms with Crippen molar-refractivity contribution in [1.29, 1.82) is 0 Å². The van der Waals surface area contributed by atoms with Gasteiger partial charge in [0.25, 0.3) is 0 Å². The largest absolute Gasteiger partial charge is 2.00 e. The number of hydrogen-bond donors (Lipinski definition) is 0. The van der Waals surface area contributed by atoms with Gasteiger partial charge in [-0.3, -0.25) is 0 Å². The molecule has 0 atom stereocenters. The average Bonchev–Trinajstić information content (AvgIpc) is 0. The van der Waals surface area contributed by atoms with E-state index in [1.165, 1.54) is 0 Å². The smallest absolute Gasteiger partial charge is 1.00 e. The second-order valence-corrected chi connectivity index (χ2v) is 0. The molecular weight excluding hydrogens is 246 g/mol. The van der Waals surface area contributed by atoms with Gasteiger partial charge >= 0.3 is 39.0 Å². The van der Waals surface area contributed by atoms with Crippen LogP contribution in [-0.2, 0) is 39.0 Å². The first kappa shape index (κ1) is 37.2. The first-order valence-electron chi connectivity index (χ1n) is 0. The van der Waals surface area contributed by atoms with Crippen LogP contribution in [0, 0.1) is 0 Å². The van der Waals surface area contributed by atoms with E-state index >= 15 is 0 Å². The Morgan fingerprint density at radius 1 is 0.750 bits per heavy atom. The molecular formula is BrClZn2+2. The third-order valence-electron chi connectivity index (χ3n) is 0. The van der Waals surface area contributed by atoms with Gasteiger partial charge in [0.2, 0.25) is 0 Å². The molecule has 0 amide bonds. The van der Waals surface area contributed by atoms with Crippen molar-refractivity contribution in [2.24, 2.45) is 0 Å². The van der Waals surface area contributed by atoms with Gasteiger partial charge in [0.15, 0.2) is 0 Å². The van der Waals surface area contributed by atoms with E-state index in [-0.39, 0.29) is 68.3 Å². The maximum absolute atomic E-state index is 0. The van der Waals surface area contributed by atoms with Gasteiger partial charge in [0, 0.05) is 0 Å². The normalized spacial score (nSPS) is 0. The fraction of sp³-hybridized carbons (Fsp3) is 0. The van der Waals surface area contributed by atoms with Crippen molar-refractivity contribution < 1.29 is 68.3 Å². The fourth-order valence-corrected chi connectivity index (χ4v) is 0. The van der Waals surface area contributed by atoms with E-state index in [9.17, 15) is 0 Å². The first-order chi connectivity index (χ1) is 0. The molecule has 0 heterocycles. The minimum atomic E-state index is 0. The number of hydrogen-bond acceptors (Lipinski definition) is 0. The van der Waals surface area contributed by atoms with Crippen LogP contribution in [0.25, 0.3) is 0 Å². The second kappa shape index (κ2) is 19.9. The van der Waals surface area contributed by atoms with Crippen LogP contribution in [-0.4, -0.2) is 0 Å². The maximum Gasteiger partial charge on any atom is 2.00 e. The molecule has 0 nitrogen and oxygen atoms in total. The summed E-state index contributed by atoms with van der Waals surface area (Å²) in [6.45, 7) is 0. The molecule has 0 N–H and O–H groups in total. The van der Waals surface area contributed by atoms with Crippen LogP contribution in [0.4, 0.5) is 0 Å². The molecule has 0 saturated carbocycles. The summed E-state index contributed by atoms with van der Waals surface area (Å²) in [6, 6.07) is 0. The van der Waals surface area contributed by atoms with Crippen molar-refractivity contribution in [1.82, 2.24) is 0 Å². The second-order valence-electron chi connectivity index (χ2n) is 0. The SMILES string of the molecule is [Br-].[Cl-].[Zn+2].[Zn+2]. The van der Waals surface area contributed by atoms with Crippen molar-refractivity contribution in [3.8, 4) is 0 Å². The Bertz CT molecular complexity index is 6.00. The van der Waals surface area contributed by atoms with Crippen LogP contribution in [0.5, 0.6) is 0 Å². The molecule has 0 radical (unpaired) electrons. The molecule has 0 spiro atoms. The zero-order valence-electron chi connectivity index (χ0n) is 2.17. The Labute approximate surface area is 67.8 Å². The molecule has 0 bridgehead atoms. The van der Waals surface area contributed by atoms with Gasteiger partial charge in [-0.2, -0.15) is 0 Å². The van der Waals surface area contributed by atoms with Crippen LogP contribution in [0.2, 0.25) is 0 Å². The summed E-state index contributed by atoms with van der Waals surface area (Å²) in [7, 11) is 0. The molecule has 4 heteroatoms. The van der Waals surface area contributed by atoms with Gasteiger partial charge in [-0.25, -0.2) is 0 Å². The van der Waals surface area contributed by atoms with Crippen molar-refractivity contribution in [2.75, 3.05) is 0 Å². The van der Waals surface area contributed by atoms with Crippen LogP contribution in [0.3, 0.4) is 0 Å². The summed E-state index contributed by atoms with van der Waals surface area (Å²) in [6.07, 6.45) is 0. The minimum Gasteiger partial charge on any atom is -1.00 e. The summed E-state index contributed by atoms with van der Waals surface area (Å²) in [4.78, 5) is 0. The van der Waals surface area contributed by atoms with E-state index in [2.05, 4.69) is 0 Å². The summed E-state index contributed by atoms with van der Waals surface area (Å²) in [5.74, 6) is 0. The van der Waals surface area contributed by atoms with Crippen LogP contribution in [0.1, 0.15) is 0 Å². The van der Waals surface area contributed by atoms with Crippen molar-refractivity contribution in [3.63, 3.8) is 0 Å². The van der Waals surface area contributed by atoms with Gasteiger partial charge < -0.3 is 29.4 Å². The van der Waals surface area contributed by atoms with E-state index in [0.29, 0.717) is 0 Å². The predicted octanol–water partition coefficient (Wildman–Crippen LogP) is -6.00. The van der Waals surface area contributed by atoms with Crippen molar-refractivity contribution in [3.05, 3.63) is 0 Å². The molecule has 0 rings (SSSR count). The van der Waals surface area contributed by atoms with Gasteiger partial charge in [0.05, 0.1) is 0 Å². The van der Waals surface area contributed by atoms with Crippen molar-refractivity contribution >= 4 is 0 Å². The molecule has 16 valence electrons. The Morgan fingerprint density at radius 2 is 0.750 bits per heavy atom. The molecule has 4 heavy (non-hydrogen) atoms. The van der Waals surface area contributed by atoms with Crippen LogP contribution < -0.4 is 29.4 Å². The van der Waals surface area contributed by atoms with Gasteiger partial charge in [-0.05, 0) is 0 Å². The maximum atomic E-state index is 0. The van der Waals surface area contributed by atoms with Crippen LogP contribution >= 0.6 is 0 Å². The van der Waals surface area contributed by atoms with Crippen molar-refractivity contribution in [2.45, 2.75) is 0 Å². The Kier molecular flexibility index (Phi) is 185. The number of rotatable bonds is 0. The molecule has 0 aromatic heterocycles. The average molecular weight is 246 g/mol. The quantitative estimate of drug-likeness (QED) is 0.373. The molecule has 0 aliphatic rings. The Hall–Kier alpha value is 2.02. The first-order valence-corrected chi connectivity index (χ1v) is 0. The third kappa shape index (κ3) is 8.99. The monoisotopic (exact) mass is 242 g/mol. The predicted molar refractivity (Wildman–Crippen MR) is 0 cm³/mol. The summed E-state index contributed by atoms with van der Waals surface area (Å²) < 4.78 is 0. The van der Waals surface area contributed by atoms with Gasteiger partial charge in [-0.15, -0.1) is 0 Å². The number of halogens is 2. The third-order valence-corrected chi connectivity index (χ3v) is 0. The zero-order valence-corrected chi connectivity index (χ0v) is 10.4. The minimum absolute atomic E-state index is 0. The summed E-state index contributed by atoms with van der Waals surface area (Å²) in [5, 5.41) is 0. The zero-order chi connectivity index (χ0) is 0. The molecule has 0 aromatic rings. The molecule has 0 aliphatic heterocycles. The van der Waals surface area contributed by atoms with E-state index in [4.69, 9.17) is 0 Å². The van der Waals surface area contributed by atoms with E-state index < -0.39 is 0 Å². The summed E-state index contributed by atoms with van der Waals surface area (Å²) in [5.41, 5.74) is 0. The van der Waals surface area contributed by atoms with Gasteiger partial charge in [-0.1, -0.05) is 0 Å². The Balaban J connectivity index is 0. The molecule has 0 unspecified atom stereocenters. The Morgan fingerprint density at radius 3 is 0.750 bits per heavy atom. The molecule has 0 saturated heterocycles. The van der Waals surface area contributed by atoms with Gasteiger partial charge in [0.1, 0.15) is 0 Å². The summed E-state index contributed by atoms with van der Waals surface area (Å²) >= 11 is 0. The van der Waals surface area contributed by atoms with E-state index in [0.717, 1.165) is 0 Å². The molecule has 0 fully saturated rings. The molecule has 0 aromatic carbocycles. The fourth-order valence-electron chi connectivity index (χ4n) is 0. The van der Waals surface area contributed by atoms with E-state index in [1.54, 1.807) is 0 Å². The topological polar surface area (TPSA) is 0 Å². The molecule has 0 aliphatic carbocycles.